The van der Waals surface area contributed by atoms with Crippen molar-refractivity contribution in [2.24, 2.45) is 0 Å². The number of nitrogens with zero attached hydrogens (tertiary/aromatic N) is 3. The first kappa shape index (κ1) is 19.8. The van der Waals surface area contributed by atoms with E-state index in [-0.39, 0.29) is 22.9 Å². The van der Waals surface area contributed by atoms with Crippen LogP contribution in [0.1, 0.15) is 17.1 Å². The highest BCUT2D eigenvalue weighted by Crippen LogP contribution is 2.28. The standard InChI is InChI=1S/C21H19N5O3S/c1-11-9-15(14-7-5-4-6-8-14)23-21(22-11)30-10-16(27)24-20-18-17(13(3)29-20)12(2)25-26-19(18)28/h4-9H,10H2,1-3H3,(H,24,27)(H,26,28). The molecule has 8 nitrogen and oxygen atoms in total. The van der Waals surface area contributed by atoms with Gasteiger partial charge in [-0.1, -0.05) is 42.1 Å². The van der Waals surface area contributed by atoms with E-state index >= 15 is 0 Å². The number of hydrogen-bond donors (Lipinski definition) is 2. The quantitative estimate of drug-likeness (QED) is 0.374. The summed E-state index contributed by atoms with van der Waals surface area (Å²) in [5, 5.41) is 10.4. The number of aromatic nitrogens is 4. The summed E-state index contributed by atoms with van der Waals surface area (Å²) in [4.78, 5) is 33.6. The number of hydrogen-bond acceptors (Lipinski definition) is 7. The monoisotopic (exact) mass is 421 g/mol. The van der Waals surface area contributed by atoms with E-state index < -0.39 is 5.56 Å². The van der Waals surface area contributed by atoms with Crippen molar-refractivity contribution in [1.82, 2.24) is 20.2 Å². The van der Waals surface area contributed by atoms with E-state index in [0.717, 1.165) is 17.0 Å². The van der Waals surface area contributed by atoms with Crippen LogP contribution in [-0.2, 0) is 4.79 Å². The van der Waals surface area contributed by atoms with Crippen LogP contribution in [0.15, 0.2) is 50.8 Å². The lowest BCUT2D eigenvalue weighted by Crippen LogP contribution is -2.16. The molecule has 0 spiro atoms. The van der Waals surface area contributed by atoms with E-state index in [1.165, 1.54) is 11.8 Å². The Morgan fingerprint density at radius 3 is 2.67 bits per heavy atom. The van der Waals surface area contributed by atoms with E-state index in [2.05, 4.69) is 25.5 Å². The number of nitrogens with one attached hydrogen (secondary N) is 2. The number of carbonyl (C=O) groups excluding carboxylic acids is 1. The maximum absolute atomic E-state index is 12.5. The summed E-state index contributed by atoms with van der Waals surface area (Å²) in [6.07, 6.45) is 0. The number of benzene rings is 1. The minimum absolute atomic E-state index is 0.0703. The zero-order valence-corrected chi connectivity index (χ0v) is 17.5. The van der Waals surface area contributed by atoms with Crippen molar-refractivity contribution >= 4 is 34.3 Å². The lowest BCUT2D eigenvalue weighted by Gasteiger charge is -2.06. The summed E-state index contributed by atoms with van der Waals surface area (Å²) in [5.74, 6) is 0.394. The molecule has 0 fully saturated rings. The molecule has 30 heavy (non-hydrogen) atoms. The molecule has 1 aromatic carbocycles. The summed E-state index contributed by atoms with van der Waals surface area (Å²) in [5.41, 5.74) is 2.81. The first-order valence-corrected chi connectivity index (χ1v) is 10.2. The molecule has 0 radical (unpaired) electrons. The normalized spacial score (nSPS) is 11.0. The summed E-state index contributed by atoms with van der Waals surface area (Å²) >= 11 is 1.22. The third-order valence-corrected chi connectivity index (χ3v) is 5.33. The number of aryl methyl sites for hydroxylation is 3. The van der Waals surface area contributed by atoms with Crippen LogP contribution in [0.3, 0.4) is 0 Å². The van der Waals surface area contributed by atoms with Crippen LogP contribution in [0, 0.1) is 20.8 Å². The molecule has 152 valence electrons. The molecule has 2 N–H and O–H groups in total. The molecule has 0 atom stereocenters. The largest absolute Gasteiger partial charge is 0.444 e. The minimum atomic E-state index is -0.412. The van der Waals surface area contributed by atoms with Gasteiger partial charge in [0.2, 0.25) is 11.8 Å². The van der Waals surface area contributed by atoms with Crippen molar-refractivity contribution in [2.45, 2.75) is 25.9 Å². The van der Waals surface area contributed by atoms with E-state index in [0.29, 0.717) is 22.0 Å². The van der Waals surface area contributed by atoms with Crippen LogP contribution in [0.25, 0.3) is 22.0 Å². The Hall–Kier alpha value is -3.46. The second-order valence-corrected chi connectivity index (χ2v) is 7.70. The fraction of sp³-hybridized carbons (Fsp3) is 0.190. The second-order valence-electron chi connectivity index (χ2n) is 6.76. The number of fused-ring (bicyclic) bond motifs is 1. The number of thioether (sulfide) groups is 1. The fourth-order valence-electron chi connectivity index (χ4n) is 3.19. The summed E-state index contributed by atoms with van der Waals surface area (Å²) in [6.45, 7) is 5.38. The van der Waals surface area contributed by atoms with Crippen LogP contribution < -0.4 is 10.9 Å². The first-order valence-electron chi connectivity index (χ1n) is 9.24. The van der Waals surface area contributed by atoms with Crippen LogP contribution in [0.2, 0.25) is 0 Å². The number of carbonyl (C=O) groups is 1. The molecular weight excluding hydrogens is 402 g/mol. The average Bonchev–Trinajstić information content (AvgIpc) is 3.06. The smallest absolute Gasteiger partial charge is 0.277 e. The van der Waals surface area contributed by atoms with Crippen molar-refractivity contribution in [3.8, 4) is 11.3 Å². The second kappa shape index (κ2) is 8.11. The van der Waals surface area contributed by atoms with Crippen molar-refractivity contribution in [1.29, 1.82) is 0 Å². The van der Waals surface area contributed by atoms with Crippen molar-refractivity contribution in [3.05, 3.63) is 63.9 Å². The highest BCUT2D eigenvalue weighted by molar-refractivity contribution is 7.99. The number of anilines is 1. The molecule has 0 bridgehead atoms. The topological polar surface area (TPSA) is 114 Å². The highest BCUT2D eigenvalue weighted by Gasteiger charge is 2.19. The predicted octanol–water partition coefficient (Wildman–Crippen LogP) is 3.63. The van der Waals surface area contributed by atoms with Gasteiger partial charge in [-0.25, -0.2) is 15.1 Å². The van der Waals surface area contributed by atoms with Gasteiger partial charge >= 0.3 is 0 Å². The van der Waals surface area contributed by atoms with Crippen LogP contribution >= 0.6 is 11.8 Å². The first-order chi connectivity index (χ1) is 14.4. The van der Waals surface area contributed by atoms with Gasteiger partial charge in [0, 0.05) is 11.3 Å². The van der Waals surface area contributed by atoms with E-state index in [4.69, 9.17) is 4.42 Å². The molecular formula is C21H19N5O3S. The predicted molar refractivity (Wildman–Crippen MR) is 116 cm³/mol. The third-order valence-electron chi connectivity index (χ3n) is 4.49. The summed E-state index contributed by atoms with van der Waals surface area (Å²) < 4.78 is 5.61. The lowest BCUT2D eigenvalue weighted by molar-refractivity contribution is -0.113. The Bertz CT molecular complexity index is 1300. The van der Waals surface area contributed by atoms with Gasteiger partial charge in [0.1, 0.15) is 11.1 Å². The average molecular weight is 421 g/mol. The Morgan fingerprint density at radius 1 is 1.13 bits per heavy atom. The van der Waals surface area contributed by atoms with E-state index in [9.17, 15) is 9.59 Å². The van der Waals surface area contributed by atoms with Gasteiger partial charge in [-0.05, 0) is 26.8 Å². The van der Waals surface area contributed by atoms with Gasteiger partial charge in [-0.2, -0.15) is 5.10 Å². The SMILES string of the molecule is Cc1cc(-c2ccccc2)nc(SCC(=O)Nc2oc(C)c3c(C)n[nH]c(=O)c23)n1. The number of aromatic amines is 1. The molecule has 0 aliphatic carbocycles. The van der Waals surface area contributed by atoms with Gasteiger partial charge in [-0.3, -0.25) is 14.9 Å². The summed E-state index contributed by atoms with van der Waals surface area (Å²) in [7, 11) is 0. The van der Waals surface area contributed by atoms with Gasteiger partial charge in [0.25, 0.3) is 5.56 Å². The molecule has 0 saturated carbocycles. The van der Waals surface area contributed by atoms with Gasteiger partial charge < -0.3 is 4.42 Å². The molecule has 3 aromatic heterocycles. The zero-order chi connectivity index (χ0) is 21.3. The Balaban J connectivity index is 1.51. The molecule has 9 heteroatoms. The Labute approximate surface area is 176 Å². The van der Waals surface area contributed by atoms with Gasteiger partial charge in [0.05, 0.1) is 22.5 Å². The van der Waals surface area contributed by atoms with Crippen LogP contribution in [-0.4, -0.2) is 31.8 Å². The molecule has 0 aliphatic heterocycles. The van der Waals surface area contributed by atoms with Crippen molar-refractivity contribution in [2.75, 3.05) is 11.1 Å². The van der Waals surface area contributed by atoms with Crippen molar-refractivity contribution < 1.29 is 9.21 Å². The molecule has 0 aliphatic rings. The molecule has 1 amide bonds. The number of H-pyrrole nitrogens is 1. The number of amides is 1. The molecule has 3 heterocycles. The minimum Gasteiger partial charge on any atom is -0.444 e. The van der Waals surface area contributed by atoms with Crippen molar-refractivity contribution in [3.63, 3.8) is 0 Å². The number of furan rings is 1. The fourth-order valence-corrected chi connectivity index (χ4v) is 3.89. The molecule has 4 aromatic rings. The highest BCUT2D eigenvalue weighted by atomic mass is 32.2. The number of rotatable bonds is 5. The Kier molecular flexibility index (Phi) is 5.37. The molecule has 0 saturated heterocycles. The van der Waals surface area contributed by atoms with Gasteiger partial charge in [-0.15, -0.1) is 0 Å². The maximum Gasteiger partial charge on any atom is 0.277 e. The third kappa shape index (κ3) is 3.97. The maximum atomic E-state index is 12.5. The molecule has 0 unspecified atom stereocenters. The van der Waals surface area contributed by atoms with E-state index in [1.807, 2.05) is 43.3 Å². The summed E-state index contributed by atoms with van der Waals surface area (Å²) in [6, 6.07) is 11.7. The van der Waals surface area contributed by atoms with Gasteiger partial charge in [0.15, 0.2) is 5.16 Å². The van der Waals surface area contributed by atoms with Crippen LogP contribution in [0.5, 0.6) is 0 Å². The lowest BCUT2D eigenvalue weighted by atomic mass is 10.1. The molecule has 4 rings (SSSR count). The Morgan fingerprint density at radius 2 is 1.90 bits per heavy atom. The zero-order valence-electron chi connectivity index (χ0n) is 16.6. The van der Waals surface area contributed by atoms with Crippen LogP contribution in [0.4, 0.5) is 5.88 Å². The van der Waals surface area contributed by atoms with E-state index in [1.54, 1.807) is 13.8 Å².